The van der Waals surface area contributed by atoms with Crippen LogP contribution in [0.5, 0.6) is 0 Å². The second-order valence-electron chi connectivity index (χ2n) is 3.79. The molecule has 0 amide bonds. The predicted octanol–water partition coefficient (Wildman–Crippen LogP) is 1.46. The van der Waals surface area contributed by atoms with E-state index in [0.29, 0.717) is 0 Å². The minimum absolute atomic E-state index is 0.147. The Hall–Kier alpha value is -0.0800. The van der Waals surface area contributed by atoms with E-state index >= 15 is 0 Å². The van der Waals surface area contributed by atoms with E-state index in [1.165, 1.54) is 0 Å². The van der Waals surface area contributed by atoms with Crippen LogP contribution in [0.1, 0.15) is 40.5 Å². The van der Waals surface area contributed by atoms with Gasteiger partial charge in [0.1, 0.15) is 0 Å². The number of rotatable bonds is 3. The molecule has 2 nitrogen and oxygen atoms in total. The van der Waals surface area contributed by atoms with Crippen LogP contribution in [0.15, 0.2) is 0 Å². The van der Waals surface area contributed by atoms with Crippen molar-refractivity contribution >= 4 is 0 Å². The molecule has 1 unspecified atom stereocenters. The van der Waals surface area contributed by atoms with Crippen LogP contribution in [-0.2, 0) is 0 Å². The van der Waals surface area contributed by atoms with Crippen molar-refractivity contribution in [2.75, 3.05) is 0 Å². The van der Waals surface area contributed by atoms with E-state index in [9.17, 15) is 0 Å². The molecule has 0 aromatic rings. The molecule has 62 valence electrons. The second kappa shape index (κ2) is 3.94. The van der Waals surface area contributed by atoms with Crippen molar-refractivity contribution in [1.82, 2.24) is 5.32 Å². The number of nitrogens with one attached hydrogen (secondary N) is 1. The fraction of sp³-hybridized carbons (Fsp3) is 1.00. The minimum atomic E-state index is 0.147. The van der Waals surface area contributed by atoms with Crippen LogP contribution in [0.4, 0.5) is 0 Å². The molecule has 0 aliphatic carbocycles. The molecular formula is C8H20N2. The number of hydrogen-bond donors (Lipinski definition) is 2. The molecule has 0 aromatic heterocycles. The topological polar surface area (TPSA) is 38.0 Å². The van der Waals surface area contributed by atoms with E-state index < -0.39 is 0 Å². The van der Waals surface area contributed by atoms with Crippen molar-refractivity contribution in [1.29, 1.82) is 0 Å². The summed E-state index contributed by atoms with van der Waals surface area (Å²) in [5.74, 6) is 0. The average Bonchev–Trinajstić information content (AvgIpc) is 1.59. The van der Waals surface area contributed by atoms with Gasteiger partial charge in [0, 0.05) is 5.54 Å². The molecule has 3 N–H and O–H groups in total. The first kappa shape index (κ1) is 9.92. The van der Waals surface area contributed by atoms with E-state index in [1.807, 2.05) is 0 Å². The molecule has 0 aromatic carbocycles. The Labute approximate surface area is 64.2 Å². The molecule has 10 heavy (non-hydrogen) atoms. The summed E-state index contributed by atoms with van der Waals surface area (Å²) in [7, 11) is 0. The highest BCUT2D eigenvalue weighted by Crippen LogP contribution is 2.01. The fourth-order valence-corrected chi connectivity index (χ4v) is 0.939. The summed E-state index contributed by atoms with van der Waals surface area (Å²) < 4.78 is 0. The van der Waals surface area contributed by atoms with Gasteiger partial charge in [-0.15, -0.1) is 0 Å². The molecular weight excluding hydrogens is 124 g/mol. The lowest BCUT2D eigenvalue weighted by Crippen LogP contribution is -2.48. The lowest BCUT2D eigenvalue weighted by atomic mass is 10.1. The van der Waals surface area contributed by atoms with E-state index in [1.54, 1.807) is 0 Å². The summed E-state index contributed by atoms with van der Waals surface area (Å²) in [6.45, 7) is 8.53. The smallest absolute Gasteiger partial charge is 0.0550 e. The monoisotopic (exact) mass is 144 g/mol. The summed E-state index contributed by atoms with van der Waals surface area (Å²) in [5, 5.41) is 3.30. The molecule has 1 atom stereocenters. The lowest BCUT2D eigenvalue weighted by molar-refractivity contribution is 0.349. The van der Waals surface area contributed by atoms with Gasteiger partial charge in [0.05, 0.1) is 6.17 Å². The number of nitrogens with two attached hydrogens (primary N) is 1. The van der Waals surface area contributed by atoms with Gasteiger partial charge in [0.25, 0.3) is 0 Å². The standard InChI is InChI=1S/C8H20N2/c1-5-6-7(9)10-8(2,3)4/h7,10H,5-6,9H2,1-4H3. The Balaban J connectivity index is 3.47. The third-order valence-electron chi connectivity index (χ3n) is 1.22. The van der Waals surface area contributed by atoms with Crippen LogP contribution < -0.4 is 11.1 Å². The van der Waals surface area contributed by atoms with Crippen molar-refractivity contribution < 1.29 is 0 Å². The van der Waals surface area contributed by atoms with Crippen LogP contribution >= 0.6 is 0 Å². The van der Waals surface area contributed by atoms with Crippen LogP contribution in [0.25, 0.3) is 0 Å². The zero-order chi connectivity index (χ0) is 8.20. The Kier molecular flexibility index (Phi) is 3.91. The van der Waals surface area contributed by atoms with Crippen molar-refractivity contribution in [3.8, 4) is 0 Å². The van der Waals surface area contributed by atoms with Gasteiger partial charge in [-0.1, -0.05) is 13.3 Å². The van der Waals surface area contributed by atoms with Gasteiger partial charge in [0.15, 0.2) is 0 Å². The van der Waals surface area contributed by atoms with Crippen molar-refractivity contribution in [3.63, 3.8) is 0 Å². The van der Waals surface area contributed by atoms with Crippen LogP contribution in [0.3, 0.4) is 0 Å². The van der Waals surface area contributed by atoms with Crippen molar-refractivity contribution in [2.24, 2.45) is 5.73 Å². The maximum absolute atomic E-state index is 5.76. The first-order valence-electron chi connectivity index (χ1n) is 3.99. The van der Waals surface area contributed by atoms with Crippen molar-refractivity contribution in [3.05, 3.63) is 0 Å². The Morgan fingerprint density at radius 3 is 2.20 bits per heavy atom. The van der Waals surface area contributed by atoms with Gasteiger partial charge in [-0.2, -0.15) is 0 Å². The highest BCUT2D eigenvalue weighted by Gasteiger charge is 2.12. The normalized spacial score (nSPS) is 15.3. The second-order valence-corrected chi connectivity index (χ2v) is 3.79. The Morgan fingerprint density at radius 2 is 1.90 bits per heavy atom. The number of hydrogen-bond acceptors (Lipinski definition) is 2. The van der Waals surface area contributed by atoms with Crippen LogP contribution in [0.2, 0.25) is 0 Å². The molecule has 0 aliphatic heterocycles. The van der Waals surface area contributed by atoms with E-state index in [2.05, 4.69) is 33.0 Å². The third-order valence-corrected chi connectivity index (χ3v) is 1.22. The van der Waals surface area contributed by atoms with Crippen LogP contribution in [0, 0.1) is 0 Å². The zero-order valence-electron chi connectivity index (χ0n) is 7.57. The third kappa shape index (κ3) is 6.05. The molecule has 0 spiro atoms. The molecule has 0 heterocycles. The summed E-state index contributed by atoms with van der Waals surface area (Å²) in [5.41, 5.74) is 5.91. The minimum Gasteiger partial charge on any atom is -0.316 e. The molecule has 0 fully saturated rings. The molecule has 0 saturated heterocycles. The fourth-order valence-electron chi connectivity index (χ4n) is 0.939. The molecule has 0 radical (unpaired) electrons. The summed E-state index contributed by atoms with van der Waals surface area (Å²) in [4.78, 5) is 0. The molecule has 2 heteroatoms. The highest BCUT2D eigenvalue weighted by atomic mass is 15.1. The SMILES string of the molecule is CCCC(N)NC(C)(C)C. The summed E-state index contributed by atoms with van der Waals surface area (Å²) in [6, 6.07) is 0. The van der Waals surface area contributed by atoms with Gasteiger partial charge in [0.2, 0.25) is 0 Å². The van der Waals surface area contributed by atoms with Gasteiger partial charge in [-0.25, -0.2) is 0 Å². The van der Waals surface area contributed by atoms with E-state index in [4.69, 9.17) is 5.73 Å². The predicted molar refractivity (Wildman–Crippen MR) is 45.8 cm³/mol. The summed E-state index contributed by atoms with van der Waals surface area (Å²) >= 11 is 0. The van der Waals surface area contributed by atoms with Gasteiger partial charge >= 0.3 is 0 Å². The van der Waals surface area contributed by atoms with Gasteiger partial charge in [-0.3, -0.25) is 5.32 Å². The van der Waals surface area contributed by atoms with Gasteiger partial charge in [-0.05, 0) is 27.2 Å². The first-order valence-corrected chi connectivity index (χ1v) is 3.99. The molecule has 0 rings (SSSR count). The van der Waals surface area contributed by atoms with Gasteiger partial charge < -0.3 is 5.73 Å². The van der Waals surface area contributed by atoms with E-state index in [-0.39, 0.29) is 11.7 Å². The molecule has 0 aliphatic rings. The summed E-state index contributed by atoms with van der Waals surface area (Å²) in [6.07, 6.45) is 2.35. The average molecular weight is 144 g/mol. The van der Waals surface area contributed by atoms with Crippen molar-refractivity contribution in [2.45, 2.75) is 52.2 Å². The van der Waals surface area contributed by atoms with E-state index in [0.717, 1.165) is 12.8 Å². The maximum Gasteiger partial charge on any atom is 0.0550 e. The molecule has 0 bridgehead atoms. The quantitative estimate of drug-likeness (QED) is 0.588. The Bertz CT molecular complexity index is 83.7. The van der Waals surface area contributed by atoms with Crippen LogP contribution in [-0.4, -0.2) is 11.7 Å². The first-order chi connectivity index (χ1) is 4.45. The molecule has 0 saturated carbocycles. The zero-order valence-corrected chi connectivity index (χ0v) is 7.57. The highest BCUT2D eigenvalue weighted by molar-refractivity contribution is 4.73. The largest absolute Gasteiger partial charge is 0.316 e. The lowest BCUT2D eigenvalue weighted by Gasteiger charge is -2.25. The maximum atomic E-state index is 5.76. The Morgan fingerprint density at radius 1 is 1.40 bits per heavy atom.